The Labute approximate surface area is 122 Å². The van der Waals surface area contributed by atoms with Crippen molar-refractivity contribution >= 4 is 17.5 Å². The largest absolute Gasteiger partial charge is 0.364 e. The van der Waals surface area contributed by atoms with Crippen LogP contribution in [-0.2, 0) is 4.79 Å². The molecule has 0 spiro atoms. The number of amides is 2. The number of nitrogens with one attached hydrogen (secondary N) is 1. The summed E-state index contributed by atoms with van der Waals surface area (Å²) in [6, 6.07) is 6.87. The van der Waals surface area contributed by atoms with Crippen molar-refractivity contribution in [3.05, 3.63) is 41.2 Å². The highest BCUT2D eigenvalue weighted by Gasteiger charge is 2.22. The van der Waals surface area contributed by atoms with Crippen LogP contribution in [-0.4, -0.2) is 26.8 Å². The van der Waals surface area contributed by atoms with Gasteiger partial charge in [-0.05, 0) is 32.4 Å². The number of hydrogen-bond acceptors (Lipinski definition) is 4. The third-order valence-electron chi connectivity index (χ3n) is 3.31. The van der Waals surface area contributed by atoms with Crippen molar-refractivity contribution in [1.82, 2.24) is 15.0 Å². The number of nitrogens with zero attached hydrogens (tertiary/aromatic N) is 3. The van der Waals surface area contributed by atoms with Crippen LogP contribution in [0, 0.1) is 13.8 Å². The van der Waals surface area contributed by atoms with Crippen molar-refractivity contribution in [3.63, 3.8) is 0 Å². The van der Waals surface area contributed by atoms with Crippen LogP contribution in [0.3, 0.4) is 0 Å². The van der Waals surface area contributed by atoms with Gasteiger partial charge in [-0.15, -0.1) is 5.10 Å². The molecule has 3 N–H and O–H groups in total. The summed E-state index contributed by atoms with van der Waals surface area (Å²) in [5, 5.41) is 10.4. The van der Waals surface area contributed by atoms with Gasteiger partial charge in [-0.1, -0.05) is 23.4 Å². The van der Waals surface area contributed by atoms with Gasteiger partial charge in [0, 0.05) is 5.69 Å². The first kappa shape index (κ1) is 14.7. The second-order valence-electron chi connectivity index (χ2n) is 4.81. The Kier molecular flexibility index (Phi) is 4.02. The molecule has 7 nitrogen and oxygen atoms in total. The topological polar surface area (TPSA) is 103 Å². The molecule has 0 saturated carbocycles. The molecule has 1 atom stereocenters. The number of hydrogen-bond donors (Lipinski definition) is 2. The van der Waals surface area contributed by atoms with E-state index in [9.17, 15) is 9.59 Å². The highest BCUT2D eigenvalue weighted by molar-refractivity contribution is 5.95. The van der Waals surface area contributed by atoms with E-state index < -0.39 is 11.9 Å². The number of benzene rings is 1. The number of nitrogens with two attached hydrogens (primary N) is 1. The fraction of sp³-hybridized carbons (Fsp3) is 0.286. The first-order chi connectivity index (χ1) is 9.91. The zero-order valence-corrected chi connectivity index (χ0v) is 12.1. The first-order valence-electron chi connectivity index (χ1n) is 6.50. The lowest BCUT2D eigenvalue weighted by Crippen LogP contribution is -2.26. The Morgan fingerprint density at radius 2 is 1.95 bits per heavy atom. The molecule has 0 saturated heterocycles. The molecule has 0 aliphatic heterocycles. The quantitative estimate of drug-likeness (QED) is 0.881. The minimum absolute atomic E-state index is 0.0746. The molecule has 110 valence electrons. The van der Waals surface area contributed by atoms with Crippen molar-refractivity contribution in [3.8, 4) is 0 Å². The number of para-hydroxylation sites is 1. The van der Waals surface area contributed by atoms with E-state index in [1.807, 2.05) is 31.2 Å². The lowest BCUT2D eigenvalue weighted by molar-refractivity contribution is -0.119. The van der Waals surface area contributed by atoms with E-state index in [4.69, 9.17) is 5.73 Å². The summed E-state index contributed by atoms with van der Waals surface area (Å²) in [4.78, 5) is 23.4. The summed E-state index contributed by atoms with van der Waals surface area (Å²) < 4.78 is 1.38. The number of carbonyl (C=O) groups excluding carboxylic acids is 2. The van der Waals surface area contributed by atoms with Crippen LogP contribution in [0.15, 0.2) is 24.3 Å². The van der Waals surface area contributed by atoms with Crippen LogP contribution in [0.5, 0.6) is 0 Å². The van der Waals surface area contributed by atoms with Crippen LogP contribution in [0.4, 0.5) is 5.69 Å². The molecule has 21 heavy (non-hydrogen) atoms. The van der Waals surface area contributed by atoms with E-state index in [0.29, 0.717) is 5.69 Å². The Morgan fingerprint density at radius 1 is 1.29 bits per heavy atom. The number of aromatic nitrogens is 3. The Balaban J connectivity index is 2.20. The molecule has 2 rings (SSSR count). The highest BCUT2D eigenvalue weighted by atomic mass is 16.2. The van der Waals surface area contributed by atoms with Gasteiger partial charge in [0.2, 0.25) is 5.91 Å². The number of aryl methyl sites for hydroxylation is 1. The van der Waals surface area contributed by atoms with Gasteiger partial charge < -0.3 is 11.1 Å². The molecule has 1 aromatic heterocycles. The fourth-order valence-corrected chi connectivity index (χ4v) is 2.00. The Hall–Kier alpha value is -2.70. The zero-order valence-electron chi connectivity index (χ0n) is 12.1. The molecule has 0 bridgehead atoms. The van der Waals surface area contributed by atoms with Crippen LogP contribution in [0.1, 0.15) is 34.7 Å². The summed E-state index contributed by atoms with van der Waals surface area (Å²) >= 11 is 0. The summed E-state index contributed by atoms with van der Waals surface area (Å²) in [5.74, 6) is -0.904. The van der Waals surface area contributed by atoms with Crippen molar-refractivity contribution in [1.29, 1.82) is 0 Å². The van der Waals surface area contributed by atoms with Crippen LogP contribution in [0.25, 0.3) is 0 Å². The standard InChI is InChI=1S/C14H17N5O2/c1-8-6-4-5-7-11(8)16-14(21)10(3)19-9(2)12(13(15)20)17-18-19/h4-7,10H,1-3H3,(H2,15,20)(H,16,21). The van der Waals surface area contributed by atoms with Crippen LogP contribution in [0.2, 0.25) is 0 Å². The summed E-state index contributed by atoms with van der Waals surface area (Å²) in [6.45, 7) is 5.24. The van der Waals surface area contributed by atoms with Crippen LogP contribution < -0.4 is 11.1 Å². The highest BCUT2D eigenvalue weighted by Crippen LogP contribution is 2.17. The van der Waals surface area contributed by atoms with E-state index in [1.54, 1.807) is 13.8 Å². The molecule has 1 unspecified atom stereocenters. The van der Waals surface area contributed by atoms with E-state index in [0.717, 1.165) is 11.3 Å². The fourth-order valence-electron chi connectivity index (χ4n) is 2.00. The summed E-state index contributed by atoms with van der Waals surface area (Å²) in [6.07, 6.45) is 0. The lowest BCUT2D eigenvalue weighted by atomic mass is 10.2. The number of carbonyl (C=O) groups is 2. The lowest BCUT2D eigenvalue weighted by Gasteiger charge is -2.14. The molecule has 0 aliphatic carbocycles. The van der Waals surface area contributed by atoms with Crippen molar-refractivity contribution in [2.45, 2.75) is 26.8 Å². The Morgan fingerprint density at radius 3 is 2.52 bits per heavy atom. The van der Waals surface area contributed by atoms with Crippen LogP contribution >= 0.6 is 0 Å². The monoisotopic (exact) mass is 287 g/mol. The van der Waals surface area contributed by atoms with Gasteiger partial charge in [0.25, 0.3) is 5.91 Å². The molecule has 2 aromatic rings. The third-order valence-corrected chi connectivity index (χ3v) is 3.31. The second-order valence-corrected chi connectivity index (χ2v) is 4.81. The van der Waals surface area contributed by atoms with E-state index in [2.05, 4.69) is 15.6 Å². The predicted octanol–water partition coefficient (Wildman–Crippen LogP) is 1.19. The average molecular weight is 287 g/mol. The molecule has 7 heteroatoms. The van der Waals surface area contributed by atoms with Crippen molar-refractivity contribution in [2.75, 3.05) is 5.32 Å². The summed E-state index contributed by atoms with van der Waals surface area (Å²) in [5.41, 5.74) is 7.44. The minimum atomic E-state index is -0.662. The molecule has 0 fully saturated rings. The number of primary amides is 1. The molecular formula is C14H17N5O2. The third kappa shape index (κ3) is 2.91. The predicted molar refractivity (Wildman–Crippen MR) is 77.8 cm³/mol. The molecule has 1 heterocycles. The molecule has 0 aliphatic rings. The van der Waals surface area contributed by atoms with E-state index in [1.165, 1.54) is 4.68 Å². The SMILES string of the molecule is Cc1ccccc1NC(=O)C(C)n1nnc(C(N)=O)c1C. The maximum Gasteiger partial charge on any atom is 0.271 e. The maximum atomic E-state index is 12.3. The molecule has 0 radical (unpaired) electrons. The van der Waals surface area contributed by atoms with Gasteiger partial charge in [-0.2, -0.15) is 0 Å². The first-order valence-corrected chi connectivity index (χ1v) is 6.50. The van der Waals surface area contributed by atoms with Gasteiger partial charge >= 0.3 is 0 Å². The van der Waals surface area contributed by atoms with Gasteiger partial charge in [0.15, 0.2) is 5.69 Å². The summed E-state index contributed by atoms with van der Waals surface area (Å²) in [7, 11) is 0. The van der Waals surface area contributed by atoms with Crippen molar-refractivity contribution < 1.29 is 9.59 Å². The second kappa shape index (κ2) is 5.74. The average Bonchev–Trinajstić information content (AvgIpc) is 2.82. The van der Waals surface area contributed by atoms with E-state index in [-0.39, 0.29) is 11.6 Å². The van der Waals surface area contributed by atoms with Gasteiger partial charge in [-0.3, -0.25) is 9.59 Å². The van der Waals surface area contributed by atoms with Gasteiger partial charge in [-0.25, -0.2) is 4.68 Å². The zero-order chi connectivity index (χ0) is 15.6. The van der Waals surface area contributed by atoms with Gasteiger partial charge in [0.1, 0.15) is 6.04 Å². The van der Waals surface area contributed by atoms with Gasteiger partial charge in [0.05, 0.1) is 5.69 Å². The number of anilines is 1. The molecule has 1 aromatic carbocycles. The van der Waals surface area contributed by atoms with E-state index >= 15 is 0 Å². The number of rotatable bonds is 4. The van der Waals surface area contributed by atoms with Crippen molar-refractivity contribution in [2.24, 2.45) is 5.73 Å². The smallest absolute Gasteiger partial charge is 0.271 e. The maximum absolute atomic E-state index is 12.3. The Bertz CT molecular complexity index is 692. The normalized spacial score (nSPS) is 12.0. The minimum Gasteiger partial charge on any atom is -0.364 e. The molecule has 2 amide bonds. The molecular weight excluding hydrogens is 270 g/mol.